The van der Waals surface area contributed by atoms with E-state index in [1.807, 2.05) is 19.1 Å². The average Bonchev–Trinajstić information content (AvgIpc) is 2.73. The second-order valence-electron chi connectivity index (χ2n) is 8.49. The summed E-state index contributed by atoms with van der Waals surface area (Å²) in [6, 6.07) is 11.6. The molecule has 28 heavy (non-hydrogen) atoms. The van der Waals surface area contributed by atoms with E-state index in [2.05, 4.69) is 19.1 Å². The molecule has 0 spiro atoms. The number of hydrogen-bond acceptors (Lipinski definition) is 0. The monoisotopic (exact) mass is 384 g/mol. The van der Waals surface area contributed by atoms with Gasteiger partial charge in [0.05, 0.1) is 0 Å². The lowest BCUT2D eigenvalue weighted by atomic mass is 9.77. The summed E-state index contributed by atoms with van der Waals surface area (Å²) >= 11 is 0. The average molecular weight is 385 g/mol. The molecule has 0 atom stereocenters. The van der Waals surface area contributed by atoms with Crippen molar-refractivity contribution in [1.29, 1.82) is 0 Å². The van der Waals surface area contributed by atoms with Crippen molar-refractivity contribution in [3.8, 4) is 11.1 Å². The maximum atomic E-state index is 14.5. The minimum absolute atomic E-state index is 0.364. The Morgan fingerprint density at radius 3 is 2.14 bits per heavy atom. The molecular weight excluding hydrogens is 350 g/mol. The van der Waals surface area contributed by atoms with E-state index in [0.29, 0.717) is 23.5 Å². The van der Waals surface area contributed by atoms with Crippen LogP contribution in [0.15, 0.2) is 36.4 Å². The molecule has 2 aromatic carbocycles. The van der Waals surface area contributed by atoms with E-state index in [9.17, 15) is 8.78 Å². The fraction of sp³-hybridized carbons (Fsp3) is 0.538. The molecule has 1 aliphatic carbocycles. The van der Waals surface area contributed by atoms with Crippen molar-refractivity contribution in [3.05, 3.63) is 59.2 Å². The quantitative estimate of drug-likeness (QED) is 0.401. The zero-order chi connectivity index (χ0) is 19.9. The van der Waals surface area contributed by atoms with Gasteiger partial charge in [-0.05, 0) is 60.6 Å². The number of aryl methyl sites for hydroxylation is 1. The number of hydrogen-bond donors (Lipinski definition) is 0. The molecule has 0 saturated heterocycles. The molecular formula is C26H34F2. The molecule has 1 fully saturated rings. The predicted molar refractivity (Wildman–Crippen MR) is 115 cm³/mol. The van der Waals surface area contributed by atoms with Gasteiger partial charge in [0, 0.05) is 5.56 Å². The van der Waals surface area contributed by atoms with Crippen LogP contribution in [0.1, 0.15) is 88.7 Å². The zero-order valence-corrected chi connectivity index (χ0v) is 17.4. The smallest absolute Gasteiger partial charge is 0.166 e. The first kappa shape index (κ1) is 21.0. The molecule has 0 radical (unpaired) electrons. The van der Waals surface area contributed by atoms with Gasteiger partial charge in [-0.3, -0.25) is 0 Å². The third-order valence-corrected chi connectivity index (χ3v) is 6.44. The maximum absolute atomic E-state index is 14.5. The second kappa shape index (κ2) is 10.2. The highest BCUT2D eigenvalue weighted by molar-refractivity contribution is 5.65. The molecule has 2 aromatic rings. The topological polar surface area (TPSA) is 0 Å². The van der Waals surface area contributed by atoms with Crippen molar-refractivity contribution in [2.24, 2.45) is 5.92 Å². The summed E-state index contributed by atoms with van der Waals surface area (Å²) in [5.41, 5.74) is 2.94. The molecule has 0 bridgehead atoms. The Morgan fingerprint density at radius 2 is 1.50 bits per heavy atom. The summed E-state index contributed by atoms with van der Waals surface area (Å²) in [6.45, 7) is 4.24. The molecule has 3 rings (SSSR count). The van der Waals surface area contributed by atoms with Crippen molar-refractivity contribution in [2.45, 2.75) is 84.0 Å². The summed E-state index contributed by atoms with van der Waals surface area (Å²) < 4.78 is 28.8. The lowest BCUT2D eigenvalue weighted by Gasteiger charge is -2.29. The Bertz CT molecular complexity index is 740. The van der Waals surface area contributed by atoms with E-state index in [1.165, 1.54) is 56.9 Å². The van der Waals surface area contributed by atoms with Gasteiger partial charge in [-0.25, -0.2) is 8.78 Å². The third-order valence-electron chi connectivity index (χ3n) is 6.44. The molecule has 0 heterocycles. The Morgan fingerprint density at radius 1 is 0.786 bits per heavy atom. The Hall–Kier alpha value is -1.70. The van der Waals surface area contributed by atoms with Gasteiger partial charge in [0.15, 0.2) is 11.6 Å². The number of unbranched alkanes of at least 4 members (excludes halogenated alkanes) is 2. The van der Waals surface area contributed by atoms with Crippen molar-refractivity contribution < 1.29 is 8.78 Å². The number of halogens is 2. The SMILES string of the molecule is CCCCCC1CCC(c2ccc(-c3ccc(CCC)c(F)c3F)cc2)CC1. The Kier molecular flexibility index (Phi) is 7.65. The highest BCUT2D eigenvalue weighted by Crippen LogP contribution is 2.38. The van der Waals surface area contributed by atoms with Crippen LogP contribution in [0.4, 0.5) is 8.78 Å². The summed E-state index contributed by atoms with van der Waals surface area (Å²) in [7, 11) is 0. The molecule has 0 amide bonds. The van der Waals surface area contributed by atoms with Crippen LogP contribution in [-0.4, -0.2) is 0 Å². The first-order valence-corrected chi connectivity index (χ1v) is 11.2. The maximum Gasteiger partial charge on any atom is 0.166 e. The molecule has 152 valence electrons. The van der Waals surface area contributed by atoms with Crippen LogP contribution in [0.2, 0.25) is 0 Å². The van der Waals surface area contributed by atoms with E-state index in [0.717, 1.165) is 17.9 Å². The Labute approximate surface area is 169 Å². The fourth-order valence-electron chi connectivity index (χ4n) is 4.68. The molecule has 2 heteroatoms. The van der Waals surface area contributed by atoms with Crippen LogP contribution < -0.4 is 0 Å². The van der Waals surface area contributed by atoms with Crippen molar-refractivity contribution in [3.63, 3.8) is 0 Å². The van der Waals surface area contributed by atoms with Crippen LogP contribution in [0.3, 0.4) is 0 Å². The van der Waals surface area contributed by atoms with Gasteiger partial charge in [0.1, 0.15) is 0 Å². The zero-order valence-electron chi connectivity index (χ0n) is 17.4. The molecule has 0 N–H and O–H groups in total. The van der Waals surface area contributed by atoms with E-state index in [-0.39, 0.29) is 0 Å². The van der Waals surface area contributed by atoms with Gasteiger partial charge in [0.2, 0.25) is 0 Å². The normalized spacial score (nSPS) is 19.7. The van der Waals surface area contributed by atoms with Crippen LogP contribution in [0.5, 0.6) is 0 Å². The van der Waals surface area contributed by atoms with Gasteiger partial charge in [0.25, 0.3) is 0 Å². The van der Waals surface area contributed by atoms with Crippen molar-refractivity contribution in [1.82, 2.24) is 0 Å². The highest BCUT2D eigenvalue weighted by Gasteiger charge is 2.22. The number of rotatable bonds is 8. The van der Waals surface area contributed by atoms with E-state index in [1.54, 1.807) is 12.1 Å². The summed E-state index contributed by atoms with van der Waals surface area (Å²) in [4.78, 5) is 0. The predicted octanol–water partition coefficient (Wildman–Crippen LogP) is 8.44. The first-order valence-electron chi connectivity index (χ1n) is 11.2. The first-order chi connectivity index (χ1) is 13.6. The highest BCUT2D eigenvalue weighted by atomic mass is 19.2. The van der Waals surface area contributed by atoms with Crippen LogP contribution in [0.25, 0.3) is 11.1 Å². The van der Waals surface area contributed by atoms with Crippen LogP contribution in [0, 0.1) is 17.6 Å². The standard InChI is InChI=1S/C26H34F2/c1-3-5-6-8-19-9-11-20(12-10-19)21-13-15-22(16-14-21)24-18-17-23(7-4-2)25(27)26(24)28/h13-20H,3-12H2,1-2H3. The van der Waals surface area contributed by atoms with Gasteiger partial charge < -0.3 is 0 Å². The lowest BCUT2D eigenvalue weighted by Crippen LogP contribution is -2.13. The largest absolute Gasteiger partial charge is 0.203 e. The lowest BCUT2D eigenvalue weighted by molar-refractivity contribution is 0.303. The molecule has 0 aromatic heterocycles. The number of benzene rings is 2. The van der Waals surface area contributed by atoms with E-state index < -0.39 is 11.6 Å². The summed E-state index contributed by atoms with van der Waals surface area (Å²) in [5.74, 6) is 0.113. The summed E-state index contributed by atoms with van der Waals surface area (Å²) in [5, 5.41) is 0. The van der Waals surface area contributed by atoms with Crippen molar-refractivity contribution in [2.75, 3.05) is 0 Å². The molecule has 1 aliphatic rings. The second-order valence-corrected chi connectivity index (χ2v) is 8.49. The van der Waals surface area contributed by atoms with E-state index >= 15 is 0 Å². The van der Waals surface area contributed by atoms with Gasteiger partial charge in [-0.2, -0.15) is 0 Å². The fourth-order valence-corrected chi connectivity index (χ4v) is 4.68. The van der Waals surface area contributed by atoms with Crippen molar-refractivity contribution >= 4 is 0 Å². The van der Waals surface area contributed by atoms with Gasteiger partial charge in [-0.15, -0.1) is 0 Å². The third kappa shape index (κ3) is 5.01. The summed E-state index contributed by atoms with van der Waals surface area (Å²) in [6.07, 6.45) is 12.0. The van der Waals surface area contributed by atoms with Crippen LogP contribution >= 0.6 is 0 Å². The van der Waals surface area contributed by atoms with Gasteiger partial charge in [-0.1, -0.05) is 82.3 Å². The minimum atomic E-state index is -0.716. The van der Waals surface area contributed by atoms with Crippen LogP contribution in [-0.2, 0) is 6.42 Å². The molecule has 1 saturated carbocycles. The van der Waals surface area contributed by atoms with E-state index in [4.69, 9.17) is 0 Å². The molecule has 0 nitrogen and oxygen atoms in total. The molecule has 0 aliphatic heterocycles. The van der Waals surface area contributed by atoms with Gasteiger partial charge >= 0.3 is 0 Å². The molecule has 0 unspecified atom stereocenters. The minimum Gasteiger partial charge on any atom is -0.203 e. The Balaban J connectivity index is 1.64.